The summed E-state index contributed by atoms with van der Waals surface area (Å²) in [6.07, 6.45) is 1.73. The molecule has 32 heavy (non-hydrogen) atoms. The zero-order chi connectivity index (χ0) is 22.5. The first-order valence-corrected chi connectivity index (χ1v) is 10.8. The number of hydrogen-bond acceptors (Lipinski definition) is 4. The first-order valence-electron chi connectivity index (χ1n) is 9.98. The summed E-state index contributed by atoms with van der Waals surface area (Å²) in [4.78, 5) is 20.3. The number of para-hydroxylation sites is 1. The van der Waals surface area contributed by atoms with E-state index in [2.05, 4.69) is 4.74 Å². The number of thioether (sulfide) groups is 1. The molecule has 3 aromatic carbocycles. The third-order valence-corrected chi connectivity index (χ3v) is 5.87. The zero-order valence-electron chi connectivity index (χ0n) is 17.2. The quantitative estimate of drug-likeness (QED) is 0.395. The Hall–Kier alpha value is -3.45. The van der Waals surface area contributed by atoms with Crippen molar-refractivity contribution in [1.29, 1.82) is 0 Å². The fourth-order valence-corrected chi connectivity index (χ4v) is 4.36. The van der Waals surface area contributed by atoms with Gasteiger partial charge in [-0.25, -0.2) is 4.99 Å². The standard InChI is InChI=1S/C25H20F2N2O2S/c1-17(19-8-4-2-5-9-19)29-23(30)22(32-25(29)28-20-10-6-3-7-11-20)16-18-12-14-21(15-13-18)31-24(26)27/h2-17,24H,1H3. The van der Waals surface area contributed by atoms with E-state index in [0.717, 1.165) is 11.3 Å². The normalized spacial score (nSPS) is 17.4. The maximum Gasteiger partial charge on any atom is 0.387 e. The van der Waals surface area contributed by atoms with Gasteiger partial charge in [-0.15, -0.1) is 0 Å². The van der Waals surface area contributed by atoms with Gasteiger partial charge in [0.2, 0.25) is 0 Å². The van der Waals surface area contributed by atoms with Crippen molar-refractivity contribution in [3.8, 4) is 5.75 Å². The van der Waals surface area contributed by atoms with Gasteiger partial charge in [0.1, 0.15) is 5.75 Å². The van der Waals surface area contributed by atoms with Crippen LogP contribution in [0.4, 0.5) is 14.5 Å². The third kappa shape index (κ3) is 5.06. The Morgan fingerprint density at radius 2 is 1.56 bits per heavy atom. The molecular formula is C25H20F2N2O2S. The maximum atomic E-state index is 13.4. The summed E-state index contributed by atoms with van der Waals surface area (Å²) < 4.78 is 29.1. The van der Waals surface area contributed by atoms with Gasteiger partial charge < -0.3 is 4.74 Å². The van der Waals surface area contributed by atoms with E-state index in [1.54, 1.807) is 23.1 Å². The summed E-state index contributed by atoms with van der Waals surface area (Å²) in [5.74, 6) is -0.0906. The molecule has 1 heterocycles. The number of rotatable bonds is 6. The maximum absolute atomic E-state index is 13.4. The van der Waals surface area contributed by atoms with Crippen molar-refractivity contribution in [2.45, 2.75) is 19.6 Å². The van der Waals surface area contributed by atoms with E-state index in [4.69, 9.17) is 4.99 Å². The Labute approximate surface area is 189 Å². The average molecular weight is 451 g/mol. The predicted molar refractivity (Wildman–Crippen MR) is 124 cm³/mol. The largest absolute Gasteiger partial charge is 0.435 e. The number of carbonyl (C=O) groups excluding carboxylic acids is 1. The van der Waals surface area contributed by atoms with Gasteiger partial charge in [-0.2, -0.15) is 8.78 Å². The number of hydrogen-bond donors (Lipinski definition) is 0. The summed E-state index contributed by atoms with van der Waals surface area (Å²) in [5, 5.41) is 0.585. The van der Waals surface area contributed by atoms with Gasteiger partial charge in [0.15, 0.2) is 5.17 Å². The van der Waals surface area contributed by atoms with Gasteiger partial charge in [-0.3, -0.25) is 9.69 Å². The zero-order valence-corrected chi connectivity index (χ0v) is 18.0. The molecule has 1 aliphatic rings. The smallest absolute Gasteiger partial charge is 0.387 e. The molecule has 0 N–H and O–H groups in total. The number of amidine groups is 1. The SMILES string of the molecule is CC(c1ccccc1)N1C(=O)C(=Cc2ccc(OC(F)F)cc2)SC1=Nc1ccccc1. The second-order valence-corrected chi connectivity index (χ2v) is 8.06. The molecule has 4 nitrogen and oxygen atoms in total. The lowest BCUT2D eigenvalue weighted by molar-refractivity contribution is -0.123. The van der Waals surface area contributed by atoms with E-state index in [1.165, 1.54) is 23.9 Å². The summed E-state index contributed by atoms with van der Waals surface area (Å²) in [7, 11) is 0. The molecule has 1 aliphatic heterocycles. The van der Waals surface area contributed by atoms with E-state index in [-0.39, 0.29) is 17.7 Å². The molecule has 7 heteroatoms. The summed E-state index contributed by atoms with van der Waals surface area (Å²) in [6, 6.07) is 25.2. The van der Waals surface area contributed by atoms with Crippen LogP contribution in [0, 0.1) is 0 Å². The molecule has 1 saturated heterocycles. The molecular weight excluding hydrogens is 430 g/mol. The fraction of sp³-hybridized carbons (Fsp3) is 0.120. The van der Waals surface area contributed by atoms with Crippen LogP contribution in [0.1, 0.15) is 24.1 Å². The van der Waals surface area contributed by atoms with E-state index in [9.17, 15) is 13.6 Å². The number of halogens is 2. The van der Waals surface area contributed by atoms with Crippen molar-refractivity contribution >= 4 is 34.6 Å². The first-order chi connectivity index (χ1) is 15.5. The highest BCUT2D eigenvalue weighted by atomic mass is 32.2. The van der Waals surface area contributed by atoms with Crippen LogP contribution in [-0.2, 0) is 4.79 Å². The fourth-order valence-electron chi connectivity index (χ4n) is 3.30. The molecule has 162 valence electrons. The molecule has 0 saturated carbocycles. The Morgan fingerprint density at radius 3 is 2.19 bits per heavy atom. The number of amides is 1. The summed E-state index contributed by atoms with van der Waals surface area (Å²) >= 11 is 1.29. The second-order valence-electron chi connectivity index (χ2n) is 7.05. The number of benzene rings is 3. The molecule has 0 bridgehead atoms. The molecule has 0 aliphatic carbocycles. The van der Waals surface area contributed by atoms with Gasteiger partial charge in [0.05, 0.1) is 16.6 Å². The van der Waals surface area contributed by atoms with Crippen LogP contribution in [0.3, 0.4) is 0 Å². The van der Waals surface area contributed by atoms with E-state index >= 15 is 0 Å². The lowest BCUT2D eigenvalue weighted by Gasteiger charge is -2.24. The number of carbonyl (C=O) groups is 1. The van der Waals surface area contributed by atoms with Crippen LogP contribution in [-0.4, -0.2) is 22.6 Å². The van der Waals surface area contributed by atoms with Crippen molar-refractivity contribution < 1.29 is 18.3 Å². The minimum absolute atomic E-state index is 0.0678. The summed E-state index contributed by atoms with van der Waals surface area (Å²) in [5.41, 5.74) is 2.45. The van der Waals surface area contributed by atoms with E-state index in [0.29, 0.717) is 15.6 Å². The minimum atomic E-state index is -2.88. The number of nitrogens with zero attached hydrogens (tertiary/aromatic N) is 2. The molecule has 1 atom stereocenters. The molecule has 0 radical (unpaired) electrons. The number of alkyl halides is 2. The van der Waals surface area contributed by atoms with Crippen LogP contribution in [0.15, 0.2) is 94.8 Å². The predicted octanol–water partition coefficient (Wildman–Crippen LogP) is 6.65. The van der Waals surface area contributed by atoms with Crippen molar-refractivity contribution in [2.75, 3.05) is 0 Å². The van der Waals surface area contributed by atoms with Crippen molar-refractivity contribution in [1.82, 2.24) is 4.90 Å². The van der Waals surface area contributed by atoms with Gasteiger partial charge >= 0.3 is 6.61 Å². The first kappa shape index (κ1) is 21.8. The monoisotopic (exact) mass is 450 g/mol. The molecule has 1 fully saturated rings. The van der Waals surface area contributed by atoms with Gasteiger partial charge in [0, 0.05) is 0 Å². The average Bonchev–Trinajstić information content (AvgIpc) is 3.10. The molecule has 3 aromatic rings. The van der Waals surface area contributed by atoms with Crippen molar-refractivity contribution in [2.24, 2.45) is 4.99 Å². The van der Waals surface area contributed by atoms with Crippen LogP contribution in [0.5, 0.6) is 5.75 Å². The van der Waals surface area contributed by atoms with Crippen molar-refractivity contribution in [3.63, 3.8) is 0 Å². The van der Waals surface area contributed by atoms with Gasteiger partial charge in [0.25, 0.3) is 5.91 Å². The topological polar surface area (TPSA) is 41.9 Å². The van der Waals surface area contributed by atoms with Crippen LogP contribution >= 0.6 is 11.8 Å². The highest BCUT2D eigenvalue weighted by Gasteiger charge is 2.37. The molecule has 0 spiro atoms. The Balaban J connectivity index is 1.67. The highest BCUT2D eigenvalue weighted by Crippen LogP contribution is 2.39. The number of aliphatic imine (C=N–C) groups is 1. The Kier molecular flexibility index (Phi) is 6.66. The minimum Gasteiger partial charge on any atom is -0.435 e. The van der Waals surface area contributed by atoms with Gasteiger partial charge in [-0.05, 0) is 60.2 Å². The van der Waals surface area contributed by atoms with Crippen LogP contribution in [0.25, 0.3) is 6.08 Å². The van der Waals surface area contributed by atoms with E-state index < -0.39 is 6.61 Å². The second kappa shape index (κ2) is 9.78. The van der Waals surface area contributed by atoms with Gasteiger partial charge in [-0.1, -0.05) is 60.7 Å². The Morgan fingerprint density at radius 1 is 0.938 bits per heavy atom. The Bertz CT molecular complexity index is 1130. The third-order valence-electron chi connectivity index (χ3n) is 4.89. The van der Waals surface area contributed by atoms with Crippen molar-refractivity contribution in [3.05, 3.63) is 101 Å². The van der Waals surface area contributed by atoms with Crippen LogP contribution in [0.2, 0.25) is 0 Å². The molecule has 1 amide bonds. The van der Waals surface area contributed by atoms with Crippen LogP contribution < -0.4 is 4.74 Å². The summed E-state index contributed by atoms with van der Waals surface area (Å²) in [6.45, 7) is -0.913. The van der Waals surface area contributed by atoms with E-state index in [1.807, 2.05) is 67.6 Å². The molecule has 4 rings (SSSR count). The highest BCUT2D eigenvalue weighted by molar-refractivity contribution is 8.18. The lowest BCUT2D eigenvalue weighted by atomic mass is 10.1. The lowest BCUT2D eigenvalue weighted by Crippen LogP contribution is -2.32. The molecule has 0 aromatic heterocycles. The molecule has 1 unspecified atom stereocenters. The number of ether oxygens (including phenoxy) is 1.